The predicted molar refractivity (Wildman–Crippen MR) is 116 cm³/mol. The van der Waals surface area contributed by atoms with Gasteiger partial charge in [-0.15, -0.1) is 11.3 Å². The molecule has 0 radical (unpaired) electrons. The lowest BCUT2D eigenvalue weighted by atomic mass is 10.1. The van der Waals surface area contributed by atoms with Gasteiger partial charge < -0.3 is 19.9 Å². The van der Waals surface area contributed by atoms with Crippen LogP contribution in [-0.2, 0) is 9.47 Å². The van der Waals surface area contributed by atoms with Crippen LogP contribution in [0.5, 0.6) is 5.75 Å². The molecule has 0 aromatic carbocycles. The SMILES string of the molecule is Cc1nc2sc(C(=O)OC(C)(C)C)c(N)c2c(C)c1OCCN1CCCOCC1. The van der Waals surface area contributed by atoms with Crippen LogP contribution in [0.25, 0.3) is 10.2 Å². The van der Waals surface area contributed by atoms with Gasteiger partial charge >= 0.3 is 5.97 Å². The molecule has 7 nitrogen and oxygen atoms in total. The molecule has 3 heterocycles. The minimum Gasteiger partial charge on any atom is -0.490 e. The van der Waals surface area contributed by atoms with Crippen molar-refractivity contribution in [2.45, 2.75) is 46.6 Å². The molecule has 2 aromatic heterocycles. The van der Waals surface area contributed by atoms with Crippen molar-refractivity contribution in [2.24, 2.45) is 0 Å². The average molecular weight is 422 g/mol. The molecule has 3 rings (SSSR count). The standard InChI is InChI=1S/C21H31N3O4S/c1-13-15-16(22)18(20(25)28-21(3,4)5)29-19(15)23-14(2)17(13)27-12-9-24-7-6-10-26-11-8-24/h6-12,22H2,1-5H3. The van der Waals surface area contributed by atoms with Crippen LogP contribution >= 0.6 is 11.3 Å². The summed E-state index contributed by atoms with van der Waals surface area (Å²) in [5.74, 6) is 0.324. The number of thiophene rings is 1. The van der Waals surface area contributed by atoms with Gasteiger partial charge in [0.15, 0.2) is 0 Å². The van der Waals surface area contributed by atoms with E-state index in [1.807, 2.05) is 34.6 Å². The number of ether oxygens (including phenoxy) is 3. The number of hydrogen-bond donors (Lipinski definition) is 1. The molecule has 1 saturated heterocycles. The van der Waals surface area contributed by atoms with Crippen LogP contribution in [0.3, 0.4) is 0 Å². The Morgan fingerprint density at radius 3 is 2.76 bits per heavy atom. The summed E-state index contributed by atoms with van der Waals surface area (Å²) in [4.78, 5) is 20.7. The number of fused-ring (bicyclic) bond motifs is 1. The van der Waals surface area contributed by atoms with Gasteiger partial charge in [-0.3, -0.25) is 4.90 Å². The van der Waals surface area contributed by atoms with Gasteiger partial charge in [0.05, 0.1) is 18.0 Å². The number of pyridine rings is 1. The van der Waals surface area contributed by atoms with Crippen molar-refractivity contribution in [3.63, 3.8) is 0 Å². The van der Waals surface area contributed by atoms with Crippen molar-refractivity contribution in [3.8, 4) is 5.75 Å². The molecule has 0 unspecified atom stereocenters. The average Bonchev–Trinajstić information content (AvgIpc) is 2.79. The Morgan fingerprint density at radius 1 is 1.28 bits per heavy atom. The molecular formula is C21H31N3O4S. The molecule has 0 saturated carbocycles. The number of aryl methyl sites for hydroxylation is 2. The highest BCUT2D eigenvalue weighted by Crippen LogP contribution is 2.40. The zero-order valence-electron chi connectivity index (χ0n) is 18.0. The van der Waals surface area contributed by atoms with Crippen molar-refractivity contribution >= 4 is 33.2 Å². The number of nitrogens with zero attached hydrogens (tertiary/aromatic N) is 2. The van der Waals surface area contributed by atoms with E-state index in [9.17, 15) is 4.79 Å². The van der Waals surface area contributed by atoms with Crippen molar-refractivity contribution in [1.29, 1.82) is 0 Å². The number of rotatable bonds is 5. The van der Waals surface area contributed by atoms with Gasteiger partial charge in [-0.25, -0.2) is 9.78 Å². The molecule has 1 fully saturated rings. The molecule has 1 aliphatic heterocycles. The lowest BCUT2D eigenvalue weighted by molar-refractivity contribution is 0.00764. The van der Waals surface area contributed by atoms with E-state index < -0.39 is 11.6 Å². The number of nitrogens with two attached hydrogens (primary N) is 1. The Morgan fingerprint density at radius 2 is 2.03 bits per heavy atom. The molecule has 1 aliphatic rings. The van der Waals surface area contributed by atoms with Crippen LogP contribution in [0.2, 0.25) is 0 Å². The van der Waals surface area contributed by atoms with E-state index in [0.29, 0.717) is 17.2 Å². The Kier molecular flexibility index (Phi) is 6.65. The first kappa shape index (κ1) is 21.8. The van der Waals surface area contributed by atoms with E-state index in [0.717, 1.165) is 66.5 Å². The summed E-state index contributed by atoms with van der Waals surface area (Å²) in [7, 11) is 0. The fourth-order valence-corrected chi connectivity index (χ4v) is 4.53. The molecule has 0 aliphatic carbocycles. The van der Waals surface area contributed by atoms with Gasteiger partial charge in [0.2, 0.25) is 0 Å². The summed E-state index contributed by atoms with van der Waals surface area (Å²) >= 11 is 1.27. The first-order valence-electron chi connectivity index (χ1n) is 10.0. The van der Waals surface area contributed by atoms with Crippen molar-refractivity contribution in [1.82, 2.24) is 9.88 Å². The minimum atomic E-state index is -0.579. The Bertz CT molecular complexity index is 880. The van der Waals surface area contributed by atoms with Gasteiger partial charge in [-0.05, 0) is 41.0 Å². The number of carbonyl (C=O) groups is 1. The monoisotopic (exact) mass is 421 g/mol. The molecule has 0 amide bonds. The van der Waals surface area contributed by atoms with Crippen LogP contribution in [0.1, 0.15) is 48.1 Å². The zero-order chi connectivity index (χ0) is 21.2. The molecule has 0 spiro atoms. The van der Waals surface area contributed by atoms with Gasteiger partial charge in [-0.1, -0.05) is 0 Å². The molecule has 8 heteroatoms. The fraction of sp³-hybridized carbons (Fsp3) is 0.619. The van der Waals surface area contributed by atoms with Crippen molar-refractivity contribution in [2.75, 3.05) is 45.2 Å². The van der Waals surface area contributed by atoms with Crippen LogP contribution in [0.15, 0.2) is 0 Å². The van der Waals surface area contributed by atoms with Gasteiger partial charge in [-0.2, -0.15) is 0 Å². The number of aromatic nitrogens is 1. The predicted octanol–water partition coefficient (Wildman–Crippen LogP) is 3.55. The molecule has 0 atom stereocenters. The fourth-order valence-electron chi connectivity index (χ4n) is 3.45. The minimum absolute atomic E-state index is 0.395. The smallest absolute Gasteiger partial charge is 0.351 e. The normalized spacial score (nSPS) is 16.0. The Labute approximate surface area is 176 Å². The second kappa shape index (κ2) is 8.85. The molecule has 0 bridgehead atoms. The maximum atomic E-state index is 12.5. The van der Waals surface area contributed by atoms with Gasteiger partial charge in [0.1, 0.15) is 27.7 Å². The van der Waals surface area contributed by atoms with Crippen molar-refractivity contribution in [3.05, 3.63) is 16.1 Å². The van der Waals surface area contributed by atoms with E-state index >= 15 is 0 Å². The first-order valence-corrected chi connectivity index (χ1v) is 10.8. The number of anilines is 1. The molecule has 2 N–H and O–H groups in total. The Balaban J connectivity index is 1.80. The van der Waals surface area contributed by atoms with E-state index in [1.165, 1.54) is 11.3 Å². The van der Waals surface area contributed by atoms with Gasteiger partial charge in [0.25, 0.3) is 0 Å². The summed E-state index contributed by atoms with van der Waals surface area (Å²) in [6.45, 7) is 14.3. The first-order chi connectivity index (χ1) is 13.7. The largest absolute Gasteiger partial charge is 0.490 e. The third kappa shape index (κ3) is 5.18. The van der Waals surface area contributed by atoms with E-state index in [4.69, 9.17) is 19.9 Å². The maximum absolute atomic E-state index is 12.5. The number of carbonyl (C=O) groups excluding carboxylic acids is 1. The highest BCUT2D eigenvalue weighted by atomic mass is 32.1. The highest BCUT2D eigenvalue weighted by molar-refractivity contribution is 7.21. The quantitative estimate of drug-likeness (QED) is 0.739. The van der Waals surface area contributed by atoms with Crippen LogP contribution in [0.4, 0.5) is 5.69 Å². The van der Waals surface area contributed by atoms with E-state index in [2.05, 4.69) is 9.88 Å². The van der Waals surface area contributed by atoms with E-state index in [-0.39, 0.29) is 0 Å². The lowest BCUT2D eigenvalue weighted by Gasteiger charge is -2.20. The summed E-state index contributed by atoms with van der Waals surface area (Å²) in [6.07, 6.45) is 1.05. The highest BCUT2D eigenvalue weighted by Gasteiger charge is 2.26. The third-order valence-corrected chi connectivity index (χ3v) is 5.87. The number of nitrogen functional groups attached to an aromatic ring is 1. The topological polar surface area (TPSA) is 86.9 Å². The van der Waals surface area contributed by atoms with Gasteiger partial charge in [0, 0.05) is 37.2 Å². The van der Waals surface area contributed by atoms with E-state index in [1.54, 1.807) is 0 Å². The molecule has 160 valence electrons. The maximum Gasteiger partial charge on any atom is 0.351 e. The lowest BCUT2D eigenvalue weighted by Crippen LogP contribution is -2.30. The molecular weight excluding hydrogens is 390 g/mol. The number of esters is 1. The van der Waals surface area contributed by atoms with Crippen LogP contribution in [-0.4, -0.2) is 60.9 Å². The summed E-state index contributed by atoms with van der Waals surface area (Å²) < 4.78 is 17.1. The molecule has 29 heavy (non-hydrogen) atoms. The second-order valence-corrected chi connectivity index (χ2v) is 9.33. The van der Waals surface area contributed by atoms with Crippen molar-refractivity contribution < 1.29 is 19.0 Å². The summed E-state index contributed by atoms with van der Waals surface area (Å²) in [6, 6.07) is 0. The summed E-state index contributed by atoms with van der Waals surface area (Å²) in [5.41, 5.74) is 7.88. The van der Waals surface area contributed by atoms with Crippen LogP contribution in [0, 0.1) is 13.8 Å². The zero-order valence-corrected chi connectivity index (χ0v) is 18.8. The summed E-state index contributed by atoms with van der Waals surface area (Å²) in [5, 5.41) is 0.777. The third-order valence-electron chi connectivity index (χ3n) is 4.79. The second-order valence-electron chi connectivity index (χ2n) is 8.33. The Hall–Kier alpha value is -1.90. The number of hydrogen-bond acceptors (Lipinski definition) is 8. The van der Waals surface area contributed by atoms with Crippen LogP contribution < -0.4 is 10.5 Å². The molecule has 2 aromatic rings.